The van der Waals surface area contributed by atoms with E-state index in [9.17, 15) is 14.7 Å². The van der Waals surface area contributed by atoms with Crippen LogP contribution in [0, 0.1) is 5.41 Å². The van der Waals surface area contributed by atoms with Crippen molar-refractivity contribution >= 4 is 50.9 Å². The predicted molar refractivity (Wildman–Crippen MR) is 85.9 cm³/mol. The monoisotopic (exact) mass is 358 g/mol. The molecule has 0 spiro atoms. The zero-order valence-corrected chi connectivity index (χ0v) is 16.7. The number of carboxylic acid groups (broad SMARTS) is 1. The Morgan fingerprint density at radius 1 is 1.43 bits per heavy atom. The fraction of sp³-hybridized carbons (Fsp3) is 0.400. The third kappa shape index (κ3) is 3.91. The summed E-state index contributed by atoms with van der Waals surface area (Å²) in [5, 5.41) is 14.0. The van der Waals surface area contributed by atoms with Crippen molar-refractivity contribution in [3.63, 3.8) is 0 Å². The molecule has 116 valence electrons. The largest absolute Gasteiger partial charge is 1.00 e. The zero-order valence-electron chi connectivity index (χ0n) is 13.0. The number of carboxylic acids is 1. The molecule has 0 radical (unpaired) electrons. The maximum Gasteiger partial charge on any atom is 1.00 e. The number of nitrogens with zero attached hydrogens (tertiary/aromatic N) is 1. The molecule has 1 aromatic carbocycles. The van der Waals surface area contributed by atoms with Crippen LogP contribution in [0.25, 0.3) is 10.2 Å². The van der Waals surface area contributed by atoms with Crippen LogP contribution in [0.2, 0.25) is 0 Å². The molecule has 1 amide bonds. The van der Waals surface area contributed by atoms with E-state index in [4.69, 9.17) is 0 Å². The van der Waals surface area contributed by atoms with Gasteiger partial charge in [-0.1, -0.05) is 18.2 Å². The number of thioether (sulfide) groups is 1. The number of fused-ring (bicyclic) bond motifs is 1. The summed E-state index contributed by atoms with van der Waals surface area (Å²) < 4.78 is 1.98. The number of carbonyl (C=O) groups is 2. The molecule has 3 rings (SSSR count). The first-order valence-corrected chi connectivity index (χ1v) is 9.02. The summed E-state index contributed by atoms with van der Waals surface area (Å²) in [4.78, 5) is 27.7. The van der Waals surface area contributed by atoms with Gasteiger partial charge in [0.15, 0.2) is 4.34 Å². The van der Waals surface area contributed by atoms with Crippen molar-refractivity contribution in [3.8, 4) is 0 Å². The summed E-state index contributed by atoms with van der Waals surface area (Å²) in [7, 11) is 0. The molecule has 2 aromatic rings. The van der Waals surface area contributed by atoms with Crippen LogP contribution in [0.15, 0.2) is 22.5 Å². The molecule has 1 aromatic heterocycles. The van der Waals surface area contributed by atoms with E-state index in [-0.39, 0.29) is 41.9 Å². The van der Waals surface area contributed by atoms with Crippen LogP contribution in [0.1, 0.15) is 25.7 Å². The topological polar surface area (TPSA) is 82.1 Å². The Kier molecular flexibility index (Phi) is 6.13. The van der Waals surface area contributed by atoms with Crippen LogP contribution in [-0.2, 0) is 9.59 Å². The Hall–Kier alpha value is -0.600. The smallest absolute Gasteiger partial charge is 0.550 e. The van der Waals surface area contributed by atoms with Crippen molar-refractivity contribution in [2.24, 2.45) is 5.41 Å². The summed E-state index contributed by atoms with van der Waals surface area (Å²) in [6.07, 6.45) is 3.83. The van der Waals surface area contributed by atoms with Gasteiger partial charge >= 0.3 is 29.6 Å². The van der Waals surface area contributed by atoms with Gasteiger partial charge in [0.25, 0.3) is 0 Å². The van der Waals surface area contributed by atoms with Crippen LogP contribution in [0.5, 0.6) is 0 Å². The number of amides is 1. The van der Waals surface area contributed by atoms with Gasteiger partial charge in [-0.25, -0.2) is 4.98 Å². The number of thiazole rings is 1. The predicted octanol–water partition coefficient (Wildman–Crippen LogP) is -0.729. The number of hydrogen-bond acceptors (Lipinski definition) is 6. The molecule has 0 saturated heterocycles. The van der Waals surface area contributed by atoms with Crippen molar-refractivity contribution < 1.29 is 44.3 Å². The van der Waals surface area contributed by atoms with Gasteiger partial charge < -0.3 is 15.2 Å². The number of hydrogen-bond donors (Lipinski definition) is 1. The van der Waals surface area contributed by atoms with Crippen molar-refractivity contribution in [1.29, 1.82) is 0 Å². The number of benzene rings is 1. The Morgan fingerprint density at radius 3 is 2.74 bits per heavy atom. The van der Waals surface area contributed by atoms with E-state index in [1.165, 1.54) is 0 Å². The number of rotatable bonds is 5. The molecule has 1 fully saturated rings. The van der Waals surface area contributed by atoms with Gasteiger partial charge in [-0.2, -0.15) is 0 Å². The van der Waals surface area contributed by atoms with Gasteiger partial charge in [-0.05, 0) is 37.3 Å². The molecule has 1 heterocycles. The molecule has 1 saturated carbocycles. The van der Waals surface area contributed by atoms with Crippen molar-refractivity contribution in [2.45, 2.75) is 30.0 Å². The molecule has 23 heavy (non-hydrogen) atoms. The van der Waals surface area contributed by atoms with Gasteiger partial charge in [0.1, 0.15) is 0 Å². The third-order valence-electron chi connectivity index (χ3n) is 4.07. The SMILES string of the molecule is CSc1nc2ccc(NC(=O)CC3(C(=O)[O-])CCC3)cc2s1.[Na+]. The summed E-state index contributed by atoms with van der Waals surface area (Å²) >= 11 is 3.15. The van der Waals surface area contributed by atoms with Gasteiger partial charge in [-0.3, -0.25) is 4.79 Å². The minimum atomic E-state index is -1.11. The van der Waals surface area contributed by atoms with Crippen molar-refractivity contribution in [3.05, 3.63) is 18.2 Å². The number of carbonyl (C=O) groups excluding carboxylic acids is 2. The molecule has 0 atom stereocenters. The Bertz CT molecular complexity index is 743. The second kappa shape index (κ2) is 7.53. The quantitative estimate of drug-likeness (QED) is 0.563. The number of aliphatic carboxylic acids is 1. The minimum absolute atomic E-state index is 0. The Morgan fingerprint density at radius 2 is 2.17 bits per heavy atom. The molecule has 0 bridgehead atoms. The summed E-state index contributed by atoms with van der Waals surface area (Å²) in [5.74, 6) is -1.39. The summed E-state index contributed by atoms with van der Waals surface area (Å²) in [6.45, 7) is 0. The van der Waals surface area contributed by atoms with Crippen LogP contribution in [0.3, 0.4) is 0 Å². The number of anilines is 1. The minimum Gasteiger partial charge on any atom is -0.550 e. The fourth-order valence-corrected chi connectivity index (χ4v) is 4.17. The summed E-state index contributed by atoms with van der Waals surface area (Å²) in [6, 6.07) is 5.52. The maximum atomic E-state index is 12.1. The molecule has 0 unspecified atom stereocenters. The van der Waals surface area contributed by atoms with E-state index < -0.39 is 11.4 Å². The second-order valence-corrected chi connectivity index (χ2v) is 7.60. The van der Waals surface area contributed by atoms with Crippen LogP contribution >= 0.6 is 23.1 Å². The molecular formula is C15H15N2NaO3S2. The van der Waals surface area contributed by atoms with Gasteiger partial charge in [0.05, 0.1) is 10.2 Å². The van der Waals surface area contributed by atoms with Gasteiger partial charge in [0, 0.05) is 23.5 Å². The molecule has 8 heteroatoms. The molecule has 5 nitrogen and oxygen atoms in total. The average molecular weight is 358 g/mol. The third-order valence-corrected chi connectivity index (χ3v) is 6.07. The molecule has 1 aliphatic rings. The first kappa shape index (κ1) is 18.7. The number of aromatic nitrogens is 1. The van der Waals surface area contributed by atoms with E-state index >= 15 is 0 Å². The average Bonchev–Trinajstić information content (AvgIpc) is 2.84. The summed E-state index contributed by atoms with van der Waals surface area (Å²) in [5.41, 5.74) is 0.601. The second-order valence-electron chi connectivity index (χ2n) is 5.51. The maximum absolute atomic E-state index is 12.1. The molecule has 0 aliphatic heterocycles. The Balaban J connectivity index is 0.00000192. The van der Waals surface area contributed by atoms with E-state index in [1.807, 2.05) is 18.4 Å². The van der Waals surface area contributed by atoms with Crippen LogP contribution in [-0.4, -0.2) is 23.1 Å². The van der Waals surface area contributed by atoms with E-state index in [0.29, 0.717) is 18.5 Å². The molecule has 1 N–H and O–H groups in total. The normalized spacial score (nSPS) is 15.5. The van der Waals surface area contributed by atoms with Crippen molar-refractivity contribution in [1.82, 2.24) is 4.98 Å². The van der Waals surface area contributed by atoms with Crippen molar-refractivity contribution in [2.75, 3.05) is 11.6 Å². The first-order valence-electron chi connectivity index (χ1n) is 6.98. The fourth-order valence-electron chi connectivity index (χ4n) is 2.64. The first-order chi connectivity index (χ1) is 10.5. The van der Waals surface area contributed by atoms with E-state index in [2.05, 4.69) is 10.3 Å². The van der Waals surface area contributed by atoms with E-state index in [1.54, 1.807) is 29.2 Å². The molecular weight excluding hydrogens is 343 g/mol. The van der Waals surface area contributed by atoms with Gasteiger partial charge in [0.2, 0.25) is 5.91 Å². The Labute approximate surface area is 164 Å². The number of nitrogens with one attached hydrogen (secondary N) is 1. The van der Waals surface area contributed by atoms with Crippen LogP contribution < -0.4 is 40.0 Å². The van der Waals surface area contributed by atoms with E-state index in [0.717, 1.165) is 21.0 Å². The zero-order chi connectivity index (χ0) is 15.7. The standard InChI is InChI=1S/C15H16N2O3S2.Na/c1-21-14-17-10-4-3-9(7-11(10)22-14)16-12(18)8-15(13(19)20)5-2-6-15;/h3-4,7H,2,5-6,8H2,1H3,(H,16,18)(H,19,20);/q;+1/p-1. The van der Waals surface area contributed by atoms with Gasteiger partial charge in [-0.15, -0.1) is 11.3 Å². The van der Waals surface area contributed by atoms with Crippen LogP contribution in [0.4, 0.5) is 5.69 Å². The molecule has 1 aliphatic carbocycles.